The van der Waals surface area contributed by atoms with Crippen LogP contribution in [0.2, 0.25) is 0 Å². The fourth-order valence-electron chi connectivity index (χ4n) is 1.33. The Hall–Kier alpha value is -0.900. The van der Waals surface area contributed by atoms with Crippen LogP contribution in [-0.2, 0) is 4.79 Å². The predicted molar refractivity (Wildman–Crippen MR) is 59.4 cm³/mol. The number of carboxylic acids is 1. The second-order valence-electron chi connectivity index (χ2n) is 3.51. The summed E-state index contributed by atoms with van der Waals surface area (Å²) in [7, 11) is 0. The van der Waals surface area contributed by atoms with Gasteiger partial charge in [0, 0.05) is 6.42 Å². The summed E-state index contributed by atoms with van der Waals surface area (Å²) in [6, 6.07) is 4.77. The Morgan fingerprint density at radius 2 is 2.27 bits per heavy atom. The maximum Gasteiger partial charge on any atom is 0.303 e. The Morgan fingerprint density at radius 3 is 2.80 bits per heavy atom. The van der Waals surface area contributed by atoms with Crippen LogP contribution in [0.25, 0.3) is 0 Å². The van der Waals surface area contributed by atoms with Crippen LogP contribution >= 0.6 is 15.9 Å². The summed E-state index contributed by atoms with van der Waals surface area (Å²) in [4.78, 5) is 10.4. The molecule has 1 N–H and O–H groups in total. The van der Waals surface area contributed by atoms with E-state index >= 15 is 0 Å². The molecule has 0 radical (unpaired) electrons. The van der Waals surface area contributed by atoms with Crippen molar-refractivity contribution < 1.29 is 14.3 Å². The minimum atomic E-state index is -0.803. The van der Waals surface area contributed by atoms with Crippen molar-refractivity contribution in [2.45, 2.75) is 25.7 Å². The molecule has 0 aromatic heterocycles. The monoisotopic (exact) mass is 274 g/mol. The lowest BCUT2D eigenvalue weighted by molar-refractivity contribution is -0.137. The van der Waals surface area contributed by atoms with E-state index in [9.17, 15) is 9.18 Å². The molecular formula is C11H12BrFO2. The summed E-state index contributed by atoms with van der Waals surface area (Å²) >= 11 is 3.10. The van der Waals surface area contributed by atoms with Gasteiger partial charge >= 0.3 is 5.97 Å². The number of aliphatic carboxylic acids is 1. The van der Waals surface area contributed by atoms with Crippen LogP contribution in [-0.4, -0.2) is 11.1 Å². The molecule has 1 atom stereocenters. The SMILES string of the molecule is CC(CCC(=O)O)c1ccc(F)c(Br)c1. The van der Waals surface area contributed by atoms with E-state index in [2.05, 4.69) is 15.9 Å². The Morgan fingerprint density at radius 1 is 1.60 bits per heavy atom. The lowest BCUT2D eigenvalue weighted by Gasteiger charge is -2.10. The van der Waals surface area contributed by atoms with Crippen LogP contribution in [0, 0.1) is 5.82 Å². The first kappa shape index (κ1) is 12.2. The van der Waals surface area contributed by atoms with E-state index in [4.69, 9.17) is 5.11 Å². The van der Waals surface area contributed by atoms with Crippen LogP contribution in [0.4, 0.5) is 4.39 Å². The Kier molecular flexibility index (Phi) is 4.27. The molecule has 0 saturated heterocycles. The van der Waals surface area contributed by atoms with E-state index < -0.39 is 5.97 Å². The number of benzene rings is 1. The van der Waals surface area contributed by atoms with Gasteiger partial charge in [-0.25, -0.2) is 4.39 Å². The topological polar surface area (TPSA) is 37.3 Å². The summed E-state index contributed by atoms with van der Waals surface area (Å²) in [6.07, 6.45) is 0.698. The maximum absolute atomic E-state index is 12.9. The third-order valence-electron chi connectivity index (χ3n) is 2.30. The van der Waals surface area contributed by atoms with Crippen LogP contribution in [0.1, 0.15) is 31.2 Å². The third kappa shape index (κ3) is 3.63. The van der Waals surface area contributed by atoms with E-state index in [1.807, 2.05) is 6.92 Å². The first-order valence-corrected chi connectivity index (χ1v) is 5.46. The molecular weight excluding hydrogens is 263 g/mol. The molecule has 0 saturated carbocycles. The van der Waals surface area contributed by atoms with Crippen molar-refractivity contribution in [2.75, 3.05) is 0 Å². The molecule has 4 heteroatoms. The van der Waals surface area contributed by atoms with E-state index in [1.54, 1.807) is 12.1 Å². The van der Waals surface area contributed by atoms with Crippen molar-refractivity contribution in [2.24, 2.45) is 0 Å². The first-order chi connectivity index (χ1) is 7.00. The summed E-state index contributed by atoms with van der Waals surface area (Å²) < 4.78 is 13.4. The van der Waals surface area contributed by atoms with Crippen molar-refractivity contribution in [1.82, 2.24) is 0 Å². The van der Waals surface area contributed by atoms with Gasteiger partial charge in [0.15, 0.2) is 0 Å². The number of carbonyl (C=O) groups is 1. The van der Waals surface area contributed by atoms with Crippen molar-refractivity contribution in [3.8, 4) is 0 Å². The molecule has 0 amide bonds. The summed E-state index contributed by atoms with van der Waals surface area (Å²) in [5, 5.41) is 8.54. The molecule has 1 aromatic rings. The first-order valence-electron chi connectivity index (χ1n) is 4.67. The van der Waals surface area contributed by atoms with Crippen LogP contribution in [0.15, 0.2) is 22.7 Å². The van der Waals surface area contributed by atoms with Crippen molar-refractivity contribution in [3.05, 3.63) is 34.1 Å². The van der Waals surface area contributed by atoms with Crippen LogP contribution < -0.4 is 0 Å². The standard InChI is InChI=1S/C11H12BrFO2/c1-7(2-5-11(14)15)8-3-4-10(13)9(12)6-8/h3-4,6-7H,2,5H2,1H3,(H,14,15). The van der Waals surface area contributed by atoms with Crippen LogP contribution in [0.5, 0.6) is 0 Å². The van der Waals surface area contributed by atoms with Gasteiger partial charge in [-0.1, -0.05) is 13.0 Å². The second kappa shape index (κ2) is 5.26. The van der Waals surface area contributed by atoms with Crippen molar-refractivity contribution in [3.63, 3.8) is 0 Å². The molecule has 0 aliphatic carbocycles. The number of hydrogen-bond acceptors (Lipinski definition) is 1. The molecule has 0 heterocycles. The minimum Gasteiger partial charge on any atom is -0.481 e. The van der Waals surface area contributed by atoms with Gasteiger partial charge in [0.1, 0.15) is 5.82 Å². The third-order valence-corrected chi connectivity index (χ3v) is 2.91. The second-order valence-corrected chi connectivity index (χ2v) is 4.36. The van der Waals surface area contributed by atoms with Gasteiger partial charge in [-0.3, -0.25) is 4.79 Å². The number of hydrogen-bond donors (Lipinski definition) is 1. The highest BCUT2D eigenvalue weighted by atomic mass is 79.9. The van der Waals surface area contributed by atoms with Crippen molar-refractivity contribution >= 4 is 21.9 Å². The largest absolute Gasteiger partial charge is 0.481 e. The van der Waals surface area contributed by atoms with Gasteiger partial charge in [0.2, 0.25) is 0 Å². The van der Waals surface area contributed by atoms with Crippen molar-refractivity contribution in [1.29, 1.82) is 0 Å². The highest BCUT2D eigenvalue weighted by Crippen LogP contribution is 2.25. The van der Waals surface area contributed by atoms with Crippen LogP contribution in [0.3, 0.4) is 0 Å². The molecule has 0 aliphatic rings. The highest BCUT2D eigenvalue weighted by Gasteiger charge is 2.09. The predicted octanol–water partition coefficient (Wildman–Crippen LogP) is 3.56. The fraction of sp³-hybridized carbons (Fsp3) is 0.364. The Bertz CT molecular complexity index is 366. The molecule has 1 aromatic carbocycles. The molecule has 82 valence electrons. The summed E-state index contributed by atoms with van der Waals surface area (Å²) in [5.74, 6) is -0.981. The Labute approximate surface area is 96.2 Å². The molecule has 15 heavy (non-hydrogen) atoms. The number of halogens is 2. The smallest absolute Gasteiger partial charge is 0.303 e. The zero-order chi connectivity index (χ0) is 11.4. The lowest BCUT2D eigenvalue weighted by atomic mass is 9.96. The van der Waals surface area contributed by atoms with Gasteiger partial charge < -0.3 is 5.11 Å². The average Bonchev–Trinajstić information content (AvgIpc) is 2.18. The molecule has 0 aliphatic heterocycles. The average molecular weight is 275 g/mol. The van der Waals surface area contributed by atoms with E-state index in [1.165, 1.54) is 6.07 Å². The summed E-state index contributed by atoms with van der Waals surface area (Å²) in [6.45, 7) is 1.93. The summed E-state index contributed by atoms with van der Waals surface area (Å²) in [5.41, 5.74) is 0.949. The fourth-order valence-corrected chi connectivity index (χ4v) is 1.72. The van der Waals surface area contributed by atoms with Gasteiger partial charge in [0.05, 0.1) is 4.47 Å². The Balaban J connectivity index is 2.69. The molecule has 2 nitrogen and oxygen atoms in total. The van der Waals surface area contributed by atoms with Gasteiger partial charge in [-0.05, 0) is 46.0 Å². The quantitative estimate of drug-likeness (QED) is 0.912. The van der Waals surface area contributed by atoms with E-state index in [0.717, 1.165) is 5.56 Å². The lowest BCUT2D eigenvalue weighted by Crippen LogP contribution is -2.00. The zero-order valence-electron chi connectivity index (χ0n) is 8.34. The van der Waals surface area contributed by atoms with E-state index in [-0.39, 0.29) is 18.2 Å². The minimum absolute atomic E-state index is 0.123. The highest BCUT2D eigenvalue weighted by molar-refractivity contribution is 9.10. The zero-order valence-corrected chi connectivity index (χ0v) is 9.92. The molecule has 1 rings (SSSR count). The molecule has 0 bridgehead atoms. The maximum atomic E-state index is 12.9. The molecule has 1 unspecified atom stereocenters. The van der Waals surface area contributed by atoms with Gasteiger partial charge in [-0.2, -0.15) is 0 Å². The normalized spacial score (nSPS) is 12.5. The van der Waals surface area contributed by atoms with Gasteiger partial charge in [0.25, 0.3) is 0 Å². The molecule has 0 spiro atoms. The number of carboxylic acid groups (broad SMARTS) is 1. The number of rotatable bonds is 4. The molecule has 0 fully saturated rings. The van der Waals surface area contributed by atoms with E-state index in [0.29, 0.717) is 10.9 Å². The van der Waals surface area contributed by atoms with Gasteiger partial charge in [-0.15, -0.1) is 0 Å².